The maximum absolute atomic E-state index is 12.6. The molecule has 6 heteroatoms. The molecule has 0 bridgehead atoms. The van der Waals surface area contributed by atoms with Crippen LogP contribution in [0.2, 0.25) is 0 Å². The van der Waals surface area contributed by atoms with Gasteiger partial charge in [-0.1, -0.05) is 0 Å². The molecule has 0 aromatic heterocycles. The zero-order valence-electron chi connectivity index (χ0n) is 9.33. The number of ether oxygens (including phenoxy) is 1. The molecule has 0 aliphatic carbocycles. The molecule has 1 atom stereocenters. The van der Waals surface area contributed by atoms with Crippen LogP contribution in [-0.4, -0.2) is 17.7 Å². The Morgan fingerprint density at radius 1 is 1.44 bits per heavy atom. The summed E-state index contributed by atoms with van der Waals surface area (Å²) >= 11 is 0. The lowest BCUT2D eigenvalue weighted by Crippen LogP contribution is -2.07. The Bertz CT molecular complexity index is 468. The van der Waals surface area contributed by atoms with Crippen molar-refractivity contribution in [3.8, 4) is 5.75 Å². The van der Waals surface area contributed by atoms with Crippen molar-refractivity contribution in [3.63, 3.8) is 0 Å². The van der Waals surface area contributed by atoms with E-state index in [1.807, 2.05) is 0 Å². The van der Waals surface area contributed by atoms with Gasteiger partial charge in [-0.2, -0.15) is 13.2 Å². The van der Waals surface area contributed by atoms with Gasteiger partial charge in [-0.25, -0.2) is 0 Å². The lowest BCUT2D eigenvalue weighted by molar-refractivity contribution is -0.138. The van der Waals surface area contributed by atoms with Crippen molar-refractivity contribution in [3.05, 3.63) is 29.3 Å². The van der Waals surface area contributed by atoms with Gasteiger partial charge in [0.05, 0.1) is 12.2 Å². The van der Waals surface area contributed by atoms with Crippen LogP contribution in [0.5, 0.6) is 5.75 Å². The Balaban J connectivity index is 2.22. The Morgan fingerprint density at radius 3 is 2.78 bits per heavy atom. The SMILES string of the molecule is O=C(O)CCC1COc2ccc(C(F)(F)F)cc21. The highest BCUT2D eigenvalue weighted by Gasteiger charge is 2.33. The lowest BCUT2D eigenvalue weighted by atomic mass is 9.95. The van der Waals surface area contributed by atoms with Gasteiger partial charge in [-0.3, -0.25) is 4.79 Å². The lowest BCUT2D eigenvalue weighted by Gasteiger charge is -2.10. The van der Waals surface area contributed by atoms with Gasteiger partial charge in [-0.05, 0) is 24.6 Å². The van der Waals surface area contributed by atoms with Crippen molar-refractivity contribution in [2.24, 2.45) is 0 Å². The quantitative estimate of drug-likeness (QED) is 0.908. The van der Waals surface area contributed by atoms with Gasteiger partial charge in [0.25, 0.3) is 0 Å². The van der Waals surface area contributed by atoms with E-state index in [0.29, 0.717) is 11.3 Å². The van der Waals surface area contributed by atoms with Gasteiger partial charge < -0.3 is 9.84 Å². The topological polar surface area (TPSA) is 46.5 Å². The van der Waals surface area contributed by atoms with E-state index in [2.05, 4.69) is 0 Å². The van der Waals surface area contributed by atoms with E-state index < -0.39 is 17.7 Å². The van der Waals surface area contributed by atoms with Crippen molar-refractivity contribution in [2.75, 3.05) is 6.61 Å². The monoisotopic (exact) mass is 260 g/mol. The highest BCUT2D eigenvalue weighted by Crippen LogP contribution is 2.40. The molecular weight excluding hydrogens is 249 g/mol. The molecule has 0 fully saturated rings. The molecule has 0 saturated carbocycles. The second-order valence-corrected chi connectivity index (χ2v) is 4.19. The van der Waals surface area contributed by atoms with E-state index in [0.717, 1.165) is 12.1 Å². The fourth-order valence-electron chi connectivity index (χ4n) is 1.99. The zero-order valence-corrected chi connectivity index (χ0v) is 9.33. The van der Waals surface area contributed by atoms with Crippen LogP contribution in [0.15, 0.2) is 18.2 Å². The molecule has 1 aromatic rings. The first kappa shape index (κ1) is 12.7. The average molecular weight is 260 g/mol. The molecule has 1 aliphatic heterocycles. The molecule has 2 rings (SSSR count). The van der Waals surface area contributed by atoms with Crippen molar-refractivity contribution >= 4 is 5.97 Å². The number of aliphatic carboxylic acids is 1. The van der Waals surface area contributed by atoms with Crippen molar-refractivity contribution in [1.29, 1.82) is 0 Å². The summed E-state index contributed by atoms with van der Waals surface area (Å²) in [5.74, 6) is -0.827. The van der Waals surface area contributed by atoms with E-state index in [9.17, 15) is 18.0 Å². The molecule has 1 N–H and O–H groups in total. The van der Waals surface area contributed by atoms with E-state index >= 15 is 0 Å². The number of halogens is 3. The van der Waals surface area contributed by atoms with Crippen LogP contribution in [0.3, 0.4) is 0 Å². The number of rotatable bonds is 3. The maximum atomic E-state index is 12.6. The third-order valence-corrected chi connectivity index (χ3v) is 2.92. The van der Waals surface area contributed by atoms with Gasteiger partial charge in [0.2, 0.25) is 0 Å². The minimum atomic E-state index is -4.39. The number of carboxylic acids is 1. The van der Waals surface area contributed by atoms with E-state index in [-0.39, 0.29) is 25.4 Å². The zero-order chi connectivity index (χ0) is 13.3. The van der Waals surface area contributed by atoms with Gasteiger partial charge in [0, 0.05) is 17.9 Å². The molecule has 18 heavy (non-hydrogen) atoms. The third kappa shape index (κ3) is 2.57. The van der Waals surface area contributed by atoms with E-state index in [4.69, 9.17) is 9.84 Å². The summed E-state index contributed by atoms with van der Waals surface area (Å²) in [5.41, 5.74) is -0.279. The molecule has 3 nitrogen and oxygen atoms in total. The van der Waals surface area contributed by atoms with Gasteiger partial charge >= 0.3 is 12.1 Å². The smallest absolute Gasteiger partial charge is 0.416 e. The number of carboxylic acid groups (broad SMARTS) is 1. The Hall–Kier alpha value is -1.72. The van der Waals surface area contributed by atoms with Crippen LogP contribution in [0.4, 0.5) is 13.2 Å². The average Bonchev–Trinajstić information content (AvgIpc) is 2.67. The Kier molecular flexibility index (Phi) is 3.19. The molecule has 0 radical (unpaired) electrons. The number of hydrogen-bond donors (Lipinski definition) is 1. The van der Waals surface area contributed by atoms with E-state index in [1.165, 1.54) is 6.07 Å². The predicted octanol–water partition coefficient (Wildman–Crippen LogP) is 3.05. The third-order valence-electron chi connectivity index (χ3n) is 2.92. The largest absolute Gasteiger partial charge is 0.493 e. The number of carbonyl (C=O) groups is 1. The molecular formula is C12H11F3O3. The summed E-state index contributed by atoms with van der Waals surface area (Å²) in [4.78, 5) is 10.5. The molecule has 1 heterocycles. The standard InChI is InChI=1S/C12H11F3O3/c13-12(14,15)8-2-3-10-9(5-8)7(6-18-10)1-4-11(16)17/h2-3,5,7H,1,4,6H2,(H,16,17). The normalized spacial score (nSPS) is 18.3. The summed E-state index contributed by atoms with van der Waals surface area (Å²) in [5, 5.41) is 8.58. The van der Waals surface area contributed by atoms with E-state index in [1.54, 1.807) is 0 Å². The molecule has 0 spiro atoms. The summed E-state index contributed by atoms with van der Waals surface area (Å²) in [6, 6.07) is 3.31. The second-order valence-electron chi connectivity index (χ2n) is 4.19. The molecule has 1 aromatic carbocycles. The van der Waals surface area contributed by atoms with Crippen LogP contribution < -0.4 is 4.74 Å². The highest BCUT2D eigenvalue weighted by atomic mass is 19.4. The van der Waals surface area contributed by atoms with Gasteiger partial charge in [-0.15, -0.1) is 0 Å². The molecule has 0 amide bonds. The number of benzene rings is 1. The van der Waals surface area contributed by atoms with Crippen LogP contribution in [0.25, 0.3) is 0 Å². The van der Waals surface area contributed by atoms with Crippen LogP contribution in [-0.2, 0) is 11.0 Å². The number of fused-ring (bicyclic) bond motifs is 1. The highest BCUT2D eigenvalue weighted by molar-refractivity contribution is 5.66. The fraction of sp³-hybridized carbons (Fsp3) is 0.417. The Morgan fingerprint density at radius 2 is 2.17 bits per heavy atom. The Labute approximate surface area is 101 Å². The van der Waals surface area contributed by atoms with Crippen LogP contribution >= 0.6 is 0 Å². The maximum Gasteiger partial charge on any atom is 0.416 e. The van der Waals surface area contributed by atoms with Crippen molar-refractivity contribution in [1.82, 2.24) is 0 Å². The number of hydrogen-bond acceptors (Lipinski definition) is 2. The summed E-state index contributed by atoms with van der Waals surface area (Å²) < 4.78 is 42.9. The fourth-order valence-corrected chi connectivity index (χ4v) is 1.99. The molecule has 1 aliphatic rings. The first-order chi connectivity index (χ1) is 8.38. The molecule has 0 saturated heterocycles. The van der Waals surface area contributed by atoms with Crippen molar-refractivity contribution in [2.45, 2.75) is 24.9 Å². The minimum absolute atomic E-state index is 0.0797. The predicted molar refractivity (Wildman–Crippen MR) is 56.5 cm³/mol. The first-order valence-electron chi connectivity index (χ1n) is 5.43. The van der Waals surface area contributed by atoms with Crippen LogP contribution in [0.1, 0.15) is 29.9 Å². The minimum Gasteiger partial charge on any atom is -0.493 e. The van der Waals surface area contributed by atoms with Gasteiger partial charge in [0.15, 0.2) is 0 Å². The summed E-state index contributed by atoms with van der Waals surface area (Å²) in [7, 11) is 0. The van der Waals surface area contributed by atoms with Gasteiger partial charge in [0.1, 0.15) is 5.75 Å². The molecule has 98 valence electrons. The molecule has 1 unspecified atom stereocenters. The number of alkyl halides is 3. The summed E-state index contributed by atoms with van der Waals surface area (Å²) in [6.07, 6.45) is -4.19. The first-order valence-corrected chi connectivity index (χ1v) is 5.43. The van der Waals surface area contributed by atoms with Crippen molar-refractivity contribution < 1.29 is 27.8 Å². The summed E-state index contributed by atoms with van der Waals surface area (Å²) in [6.45, 7) is 0.240. The second kappa shape index (κ2) is 4.51. The van der Waals surface area contributed by atoms with Crippen LogP contribution in [0, 0.1) is 0 Å².